The van der Waals surface area contributed by atoms with Crippen LogP contribution in [0.1, 0.15) is 27.2 Å². The van der Waals surface area contributed by atoms with Gasteiger partial charge in [0.05, 0.1) is 5.60 Å². The molecule has 1 unspecified atom stereocenters. The van der Waals surface area contributed by atoms with Crippen LogP contribution in [0.2, 0.25) is 5.02 Å². The quantitative estimate of drug-likeness (QED) is 0.752. The van der Waals surface area contributed by atoms with Gasteiger partial charge in [0.15, 0.2) is 5.82 Å². The lowest BCUT2D eigenvalue weighted by molar-refractivity contribution is 0.0515. The molecule has 0 bridgehead atoms. The van der Waals surface area contributed by atoms with Gasteiger partial charge in [0, 0.05) is 6.54 Å². The Bertz CT molecular complexity index is 382. The molecule has 0 saturated heterocycles. The predicted octanol–water partition coefficient (Wildman–Crippen LogP) is 1.92. The molecule has 0 spiro atoms. The van der Waals surface area contributed by atoms with Gasteiger partial charge >= 0.3 is 0 Å². The van der Waals surface area contributed by atoms with Gasteiger partial charge < -0.3 is 16.2 Å². The first kappa shape index (κ1) is 14.0. The molecule has 1 atom stereocenters. The average molecular weight is 259 g/mol. The molecule has 0 fully saturated rings. The summed E-state index contributed by atoms with van der Waals surface area (Å²) in [6.45, 7) is 6.26. The lowest BCUT2D eigenvalue weighted by Crippen LogP contribution is -2.35. The molecule has 1 heterocycles. The Hall–Kier alpha value is -1.07. The number of nitrogen functional groups attached to an aromatic ring is 1. The number of anilines is 2. The normalized spacial score (nSPS) is 14.7. The number of aromatic nitrogens is 2. The largest absolute Gasteiger partial charge is 0.388 e. The highest BCUT2D eigenvalue weighted by Gasteiger charge is 2.22. The van der Waals surface area contributed by atoms with Crippen molar-refractivity contribution in [2.24, 2.45) is 5.92 Å². The Morgan fingerprint density at radius 2 is 2.18 bits per heavy atom. The number of nitrogens with two attached hydrogens (primary N) is 1. The minimum Gasteiger partial charge on any atom is -0.388 e. The number of rotatable bonds is 5. The van der Waals surface area contributed by atoms with E-state index < -0.39 is 5.60 Å². The van der Waals surface area contributed by atoms with Crippen molar-refractivity contribution in [1.29, 1.82) is 0 Å². The minimum atomic E-state index is -0.808. The fourth-order valence-electron chi connectivity index (χ4n) is 1.73. The van der Waals surface area contributed by atoms with Crippen molar-refractivity contribution < 1.29 is 5.11 Å². The summed E-state index contributed by atoms with van der Waals surface area (Å²) in [7, 11) is 0. The second kappa shape index (κ2) is 5.51. The summed E-state index contributed by atoms with van der Waals surface area (Å²) in [5.74, 6) is 1.09. The number of hydrogen-bond acceptors (Lipinski definition) is 5. The molecule has 0 aliphatic carbocycles. The maximum Gasteiger partial charge on any atom is 0.150 e. The molecule has 0 radical (unpaired) electrons. The molecule has 1 rings (SSSR count). The van der Waals surface area contributed by atoms with E-state index in [0.29, 0.717) is 24.7 Å². The van der Waals surface area contributed by atoms with Crippen molar-refractivity contribution >= 4 is 23.2 Å². The number of aliphatic hydroxyl groups is 1. The molecule has 0 aromatic carbocycles. The zero-order chi connectivity index (χ0) is 13.1. The van der Waals surface area contributed by atoms with Crippen molar-refractivity contribution in [3.8, 4) is 0 Å². The monoisotopic (exact) mass is 258 g/mol. The molecular formula is C11H19ClN4O. The lowest BCUT2D eigenvalue weighted by Gasteiger charge is -2.26. The van der Waals surface area contributed by atoms with Crippen LogP contribution < -0.4 is 11.1 Å². The molecule has 6 heteroatoms. The van der Waals surface area contributed by atoms with Gasteiger partial charge in [-0.05, 0) is 19.3 Å². The van der Waals surface area contributed by atoms with Gasteiger partial charge in [-0.15, -0.1) is 0 Å². The van der Waals surface area contributed by atoms with E-state index in [9.17, 15) is 5.11 Å². The average Bonchev–Trinajstić information content (AvgIpc) is 2.18. The SMILES string of the molecule is CC(C)CC(C)(O)CNc1ncnc(N)c1Cl. The molecule has 4 N–H and O–H groups in total. The Kier molecular flexibility index (Phi) is 4.54. The van der Waals surface area contributed by atoms with Gasteiger partial charge in [0.2, 0.25) is 0 Å². The molecule has 1 aromatic heterocycles. The van der Waals surface area contributed by atoms with Crippen LogP contribution in [0.3, 0.4) is 0 Å². The van der Waals surface area contributed by atoms with E-state index in [1.807, 2.05) is 0 Å². The summed E-state index contributed by atoms with van der Waals surface area (Å²) in [6.07, 6.45) is 2.03. The summed E-state index contributed by atoms with van der Waals surface area (Å²) in [5.41, 5.74) is 4.75. The zero-order valence-electron chi connectivity index (χ0n) is 10.4. The summed E-state index contributed by atoms with van der Waals surface area (Å²) in [5, 5.41) is 13.4. The number of nitrogens with zero attached hydrogens (tertiary/aromatic N) is 2. The second-order valence-corrected chi connectivity index (χ2v) is 5.25. The first-order chi connectivity index (χ1) is 7.82. The van der Waals surface area contributed by atoms with Gasteiger partial charge in [0.1, 0.15) is 17.2 Å². The van der Waals surface area contributed by atoms with Crippen LogP contribution in [0, 0.1) is 5.92 Å². The van der Waals surface area contributed by atoms with Crippen molar-refractivity contribution in [3.05, 3.63) is 11.3 Å². The van der Waals surface area contributed by atoms with E-state index in [-0.39, 0.29) is 10.8 Å². The minimum absolute atomic E-state index is 0.229. The standard InChI is InChI=1S/C11H19ClN4O/c1-7(2)4-11(3,17)5-14-10-8(12)9(13)15-6-16-10/h6-7,17H,4-5H2,1-3H3,(H3,13,14,15,16). The van der Waals surface area contributed by atoms with Crippen LogP contribution in [0.15, 0.2) is 6.33 Å². The van der Waals surface area contributed by atoms with E-state index in [2.05, 4.69) is 29.1 Å². The van der Waals surface area contributed by atoms with Gasteiger partial charge in [0.25, 0.3) is 0 Å². The van der Waals surface area contributed by atoms with Crippen molar-refractivity contribution in [2.45, 2.75) is 32.8 Å². The predicted molar refractivity (Wildman–Crippen MR) is 70.0 cm³/mol. The molecule has 0 amide bonds. The van der Waals surface area contributed by atoms with Crippen molar-refractivity contribution in [1.82, 2.24) is 9.97 Å². The van der Waals surface area contributed by atoms with Gasteiger partial charge in [-0.1, -0.05) is 25.4 Å². The highest BCUT2D eigenvalue weighted by atomic mass is 35.5. The summed E-state index contributed by atoms with van der Waals surface area (Å²) in [6, 6.07) is 0. The molecular weight excluding hydrogens is 240 g/mol. The maximum absolute atomic E-state index is 10.1. The highest BCUT2D eigenvalue weighted by molar-refractivity contribution is 6.35. The molecule has 0 saturated carbocycles. The van der Waals surface area contributed by atoms with Crippen LogP contribution in [0.25, 0.3) is 0 Å². The smallest absolute Gasteiger partial charge is 0.150 e. The van der Waals surface area contributed by atoms with E-state index in [1.54, 1.807) is 6.92 Å². The fraction of sp³-hybridized carbons (Fsp3) is 0.636. The van der Waals surface area contributed by atoms with Crippen LogP contribution in [0.5, 0.6) is 0 Å². The Morgan fingerprint density at radius 3 is 2.76 bits per heavy atom. The summed E-state index contributed by atoms with van der Waals surface area (Å²) >= 11 is 5.93. The summed E-state index contributed by atoms with van der Waals surface area (Å²) in [4.78, 5) is 7.74. The first-order valence-electron chi connectivity index (χ1n) is 5.54. The molecule has 17 heavy (non-hydrogen) atoms. The number of halogens is 1. The molecule has 0 aliphatic heterocycles. The van der Waals surface area contributed by atoms with Gasteiger partial charge in [-0.2, -0.15) is 0 Å². The highest BCUT2D eigenvalue weighted by Crippen LogP contribution is 2.24. The fourth-order valence-corrected chi connectivity index (χ4v) is 1.90. The third-order valence-electron chi connectivity index (χ3n) is 2.30. The Morgan fingerprint density at radius 1 is 1.53 bits per heavy atom. The first-order valence-corrected chi connectivity index (χ1v) is 5.92. The van der Waals surface area contributed by atoms with Crippen molar-refractivity contribution in [2.75, 3.05) is 17.6 Å². The molecule has 0 aliphatic rings. The van der Waals surface area contributed by atoms with Crippen LogP contribution in [0.4, 0.5) is 11.6 Å². The Labute approximate surface area is 106 Å². The third kappa shape index (κ3) is 4.36. The van der Waals surface area contributed by atoms with Gasteiger partial charge in [-0.3, -0.25) is 0 Å². The molecule has 5 nitrogen and oxygen atoms in total. The topological polar surface area (TPSA) is 84.1 Å². The third-order valence-corrected chi connectivity index (χ3v) is 2.67. The van der Waals surface area contributed by atoms with E-state index >= 15 is 0 Å². The van der Waals surface area contributed by atoms with Crippen LogP contribution >= 0.6 is 11.6 Å². The van der Waals surface area contributed by atoms with E-state index in [1.165, 1.54) is 6.33 Å². The van der Waals surface area contributed by atoms with Crippen molar-refractivity contribution in [3.63, 3.8) is 0 Å². The summed E-state index contributed by atoms with van der Waals surface area (Å²) < 4.78 is 0. The Balaban J connectivity index is 2.64. The second-order valence-electron chi connectivity index (χ2n) is 4.87. The van der Waals surface area contributed by atoms with Crippen LogP contribution in [-0.2, 0) is 0 Å². The van der Waals surface area contributed by atoms with E-state index in [4.69, 9.17) is 17.3 Å². The van der Waals surface area contributed by atoms with E-state index in [0.717, 1.165) is 0 Å². The van der Waals surface area contributed by atoms with Crippen LogP contribution in [-0.4, -0.2) is 27.2 Å². The molecule has 1 aromatic rings. The molecule has 96 valence electrons. The number of nitrogens with one attached hydrogen (secondary N) is 1. The van der Waals surface area contributed by atoms with Gasteiger partial charge in [-0.25, -0.2) is 9.97 Å². The lowest BCUT2D eigenvalue weighted by atomic mass is 9.94. The number of hydrogen-bond donors (Lipinski definition) is 3. The maximum atomic E-state index is 10.1. The zero-order valence-corrected chi connectivity index (χ0v) is 11.1.